The Labute approximate surface area is 231 Å². The van der Waals surface area contributed by atoms with Gasteiger partial charge in [0, 0.05) is 13.1 Å². The lowest BCUT2D eigenvalue weighted by molar-refractivity contribution is -0.139. The second-order valence-corrected chi connectivity index (χ2v) is 11.4. The smallest absolute Gasteiger partial charge is 0.264 e. The van der Waals surface area contributed by atoms with Crippen LogP contribution in [0.4, 0.5) is 5.69 Å². The summed E-state index contributed by atoms with van der Waals surface area (Å²) in [6, 6.07) is 23.0. The van der Waals surface area contributed by atoms with Gasteiger partial charge in [-0.2, -0.15) is 0 Å². The summed E-state index contributed by atoms with van der Waals surface area (Å²) < 4.78 is 34.2. The highest BCUT2D eigenvalue weighted by Crippen LogP contribution is 2.26. The topological polar surface area (TPSA) is 96.0 Å². The molecular weight excluding hydrogens is 514 g/mol. The Bertz CT molecular complexity index is 1310. The van der Waals surface area contributed by atoms with E-state index in [1.54, 1.807) is 49.4 Å². The van der Waals surface area contributed by atoms with Gasteiger partial charge in [-0.15, -0.1) is 0 Å². The number of benzene rings is 3. The maximum Gasteiger partial charge on any atom is 0.264 e. The van der Waals surface area contributed by atoms with Crippen molar-refractivity contribution in [3.8, 4) is 5.75 Å². The SMILES string of the molecule is CCOc1ccc(N(CC(=O)N(Cc2ccccc2)C(C)C(=O)NCC(C)C)S(=O)(=O)c2ccccc2)cc1. The van der Waals surface area contributed by atoms with E-state index in [4.69, 9.17) is 4.74 Å². The second-order valence-electron chi connectivity index (χ2n) is 9.57. The highest BCUT2D eigenvalue weighted by atomic mass is 32.2. The maximum absolute atomic E-state index is 13.9. The summed E-state index contributed by atoms with van der Waals surface area (Å²) in [7, 11) is -4.10. The molecule has 1 unspecified atom stereocenters. The molecular formula is C30H37N3O5S. The number of rotatable bonds is 13. The number of hydrogen-bond acceptors (Lipinski definition) is 5. The fraction of sp³-hybridized carbons (Fsp3) is 0.333. The maximum atomic E-state index is 13.9. The molecule has 3 rings (SSSR count). The number of carbonyl (C=O) groups excluding carboxylic acids is 2. The Hall–Kier alpha value is -3.85. The van der Waals surface area contributed by atoms with Gasteiger partial charge in [0.15, 0.2) is 0 Å². The molecule has 3 aromatic carbocycles. The fourth-order valence-electron chi connectivity index (χ4n) is 3.94. The summed E-state index contributed by atoms with van der Waals surface area (Å²) in [5, 5.41) is 2.88. The van der Waals surface area contributed by atoms with Crippen LogP contribution in [0.15, 0.2) is 89.8 Å². The van der Waals surface area contributed by atoms with Crippen LogP contribution in [0.3, 0.4) is 0 Å². The van der Waals surface area contributed by atoms with Crippen LogP contribution >= 0.6 is 0 Å². The Kier molecular flexibility index (Phi) is 10.5. The van der Waals surface area contributed by atoms with E-state index in [1.165, 1.54) is 17.0 Å². The van der Waals surface area contributed by atoms with E-state index in [9.17, 15) is 18.0 Å². The third-order valence-corrected chi connectivity index (χ3v) is 7.88. The van der Waals surface area contributed by atoms with Gasteiger partial charge in [0.1, 0.15) is 18.3 Å². The molecule has 0 saturated heterocycles. The van der Waals surface area contributed by atoms with Crippen LogP contribution in [0, 0.1) is 5.92 Å². The molecule has 0 aliphatic rings. The summed E-state index contributed by atoms with van der Waals surface area (Å²) in [5.74, 6) is 0.0299. The molecule has 8 nitrogen and oxygen atoms in total. The first-order chi connectivity index (χ1) is 18.6. The Morgan fingerprint density at radius 1 is 0.872 bits per heavy atom. The molecule has 0 bridgehead atoms. The zero-order valence-corrected chi connectivity index (χ0v) is 23.7. The number of ether oxygens (including phenoxy) is 1. The normalized spacial score (nSPS) is 12.0. The first-order valence-electron chi connectivity index (χ1n) is 13.0. The number of carbonyl (C=O) groups is 2. The van der Waals surface area contributed by atoms with Gasteiger partial charge < -0.3 is 15.0 Å². The molecule has 0 radical (unpaired) electrons. The minimum atomic E-state index is -4.10. The minimum absolute atomic E-state index is 0.0593. The molecule has 1 N–H and O–H groups in total. The molecule has 1 atom stereocenters. The Morgan fingerprint density at radius 3 is 2.03 bits per heavy atom. The van der Waals surface area contributed by atoms with Crippen LogP contribution < -0.4 is 14.4 Å². The molecule has 0 fully saturated rings. The molecule has 0 aliphatic heterocycles. The molecule has 0 saturated carbocycles. The van der Waals surface area contributed by atoms with Crippen molar-refractivity contribution >= 4 is 27.5 Å². The predicted octanol–water partition coefficient (Wildman–Crippen LogP) is 4.47. The molecule has 3 aromatic rings. The van der Waals surface area contributed by atoms with E-state index in [1.807, 2.05) is 51.1 Å². The van der Waals surface area contributed by atoms with Crippen LogP contribution in [0.5, 0.6) is 5.75 Å². The first-order valence-corrected chi connectivity index (χ1v) is 14.5. The van der Waals surface area contributed by atoms with Crippen molar-refractivity contribution in [2.45, 2.75) is 45.2 Å². The number of nitrogens with one attached hydrogen (secondary N) is 1. The Balaban J connectivity index is 1.98. The van der Waals surface area contributed by atoms with Gasteiger partial charge in [-0.3, -0.25) is 13.9 Å². The standard InChI is InChI=1S/C30H37N3O5S/c1-5-38-27-18-16-26(17-19-27)33(39(36,37)28-14-10-7-11-15-28)22-29(34)32(21-25-12-8-6-9-13-25)24(4)30(35)31-20-23(2)3/h6-19,23-24H,5,20-22H2,1-4H3,(H,31,35). The van der Waals surface area contributed by atoms with Crippen LogP contribution in [-0.4, -0.2) is 50.9 Å². The molecule has 9 heteroatoms. The van der Waals surface area contributed by atoms with Gasteiger partial charge in [-0.1, -0.05) is 62.4 Å². The summed E-state index contributed by atoms with van der Waals surface area (Å²) in [5.41, 5.74) is 1.14. The van der Waals surface area contributed by atoms with Crippen molar-refractivity contribution in [1.29, 1.82) is 0 Å². The van der Waals surface area contributed by atoms with E-state index >= 15 is 0 Å². The second kappa shape index (κ2) is 13.8. The molecule has 2 amide bonds. The number of amides is 2. The largest absolute Gasteiger partial charge is 0.494 e. The van der Waals surface area contributed by atoms with Crippen LogP contribution in [0.25, 0.3) is 0 Å². The lowest BCUT2D eigenvalue weighted by Gasteiger charge is -2.32. The average Bonchev–Trinajstić information content (AvgIpc) is 2.94. The highest BCUT2D eigenvalue weighted by molar-refractivity contribution is 7.92. The number of nitrogens with zero attached hydrogens (tertiary/aromatic N) is 2. The van der Waals surface area contributed by atoms with Gasteiger partial charge >= 0.3 is 0 Å². The third kappa shape index (κ3) is 8.07. The van der Waals surface area contributed by atoms with Crippen molar-refractivity contribution in [2.24, 2.45) is 5.92 Å². The predicted molar refractivity (Wildman–Crippen MR) is 153 cm³/mol. The Morgan fingerprint density at radius 2 is 1.46 bits per heavy atom. The fourth-order valence-corrected chi connectivity index (χ4v) is 5.37. The molecule has 39 heavy (non-hydrogen) atoms. The number of sulfonamides is 1. The quantitative estimate of drug-likeness (QED) is 0.338. The number of anilines is 1. The molecule has 0 spiro atoms. The van der Waals surface area contributed by atoms with Crippen LogP contribution in [-0.2, 0) is 26.2 Å². The zero-order valence-electron chi connectivity index (χ0n) is 22.9. The molecule has 208 valence electrons. The summed E-state index contributed by atoms with van der Waals surface area (Å²) in [6.07, 6.45) is 0. The minimum Gasteiger partial charge on any atom is -0.494 e. The summed E-state index contributed by atoms with van der Waals surface area (Å²) in [6.45, 7) is 8.09. The molecule has 0 aromatic heterocycles. The van der Waals surface area contributed by atoms with E-state index < -0.39 is 28.5 Å². The van der Waals surface area contributed by atoms with E-state index in [2.05, 4.69) is 5.32 Å². The van der Waals surface area contributed by atoms with Crippen molar-refractivity contribution in [1.82, 2.24) is 10.2 Å². The van der Waals surface area contributed by atoms with Gasteiger partial charge in [0.2, 0.25) is 11.8 Å². The van der Waals surface area contributed by atoms with E-state index in [0.29, 0.717) is 24.6 Å². The van der Waals surface area contributed by atoms with Crippen molar-refractivity contribution in [3.63, 3.8) is 0 Å². The van der Waals surface area contributed by atoms with Crippen molar-refractivity contribution < 1.29 is 22.7 Å². The van der Waals surface area contributed by atoms with Gasteiger partial charge in [-0.25, -0.2) is 8.42 Å². The molecule has 0 heterocycles. The lowest BCUT2D eigenvalue weighted by atomic mass is 10.1. The van der Waals surface area contributed by atoms with Gasteiger partial charge in [0.05, 0.1) is 17.2 Å². The summed E-state index contributed by atoms with van der Waals surface area (Å²) in [4.78, 5) is 28.4. The zero-order chi connectivity index (χ0) is 28.4. The van der Waals surface area contributed by atoms with Gasteiger partial charge in [-0.05, 0) is 61.7 Å². The average molecular weight is 552 g/mol. The monoisotopic (exact) mass is 551 g/mol. The lowest BCUT2D eigenvalue weighted by Crippen LogP contribution is -2.51. The first kappa shape index (κ1) is 29.7. The van der Waals surface area contributed by atoms with Gasteiger partial charge in [0.25, 0.3) is 10.0 Å². The van der Waals surface area contributed by atoms with Crippen molar-refractivity contribution in [2.75, 3.05) is 24.0 Å². The number of hydrogen-bond donors (Lipinski definition) is 1. The van der Waals surface area contributed by atoms with E-state index in [0.717, 1.165) is 9.87 Å². The summed E-state index contributed by atoms with van der Waals surface area (Å²) >= 11 is 0. The third-order valence-electron chi connectivity index (χ3n) is 6.09. The van der Waals surface area contributed by atoms with Crippen LogP contribution in [0.1, 0.15) is 33.3 Å². The molecule has 0 aliphatic carbocycles. The van der Waals surface area contributed by atoms with E-state index in [-0.39, 0.29) is 23.3 Å². The highest BCUT2D eigenvalue weighted by Gasteiger charge is 2.32. The van der Waals surface area contributed by atoms with Crippen molar-refractivity contribution in [3.05, 3.63) is 90.5 Å². The van der Waals surface area contributed by atoms with Crippen LogP contribution in [0.2, 0.25) is 0 Å².